The molecule has 0 aliphatic rings. The molecule has 1 unspecified atom stereocenters. The van der Waals surface area contributed by atoms with Gasteiger partial charge in [-0.05, 0) is 43.5 Å². The maximum atomic E-state index is 13.8. The zero-order chi connectivity index (χ0) is 14.4. The van der Waals surface area contributed by atoms with Gasteiger partial charge in [-0.25, -0.2) is 4.21 Å². The molecule has 0 fully saturated rings. The number of halogens is 1. The molecule has 0 aliphatic heterocycles. The van der Waals surface area contributed by atoms with Gasteiger partial charge in [0.05, 0.1) is 0 Å². The quantitative estimate of drug-likeness (QED) is 0.789. The maximum Gasteiger partial charge on any atom is 0.187 e. The number of benzene rings is 2. The second kappa shape index (κ2) is 7.15. The van der Waals surface area contributed by atoms with E-state index in [0.29, 0.717) is 11.3 Å². The minimum atomic E-state index is -1.70. The third-order valence-corrected chi connectivity index (χ3v) is 4.21. The molecule has 1 atom stereocenters. The fourth-order valence-electron chi connectivity index (χ4n) is 1.85. The molecule has 0 bridgehead atoms. The summed E-state index contributed by atoms with van der Waals surface area (Å²) in [5, 5.41) is -0.565. The van der Waals surface area contributed by atoms with Crippen molar-refractivity contribution in [2.45, 2.75) is 24.7 Å². The summed E-state index contributed by atoms with van der Waals surface area (Å²) in [5.74, 6) is 0. The van der Waals surface area contributed by atoms with Gasteiger partial charge >= 0.3 is 0 Å². The fourth-order valence-corrected chi connectivity index (χ4v) is 2.72. The van der Waals surface area contributed by atoms with Gasteiger partial charge in [-0.2, -0.15) is 4.39 Å². The van der Waals surface area contributed by atoms with Crippen molar-refractivity contribution in [2.24, 2.45) is 0 Å². The summed E-state index contributed by atoms with van der Waals surface area (Å²) in [7, 11) is -1.70. The van der Waals surface area contributed by atoms with Gasteiger partial charge < -0.3 is 0 Å². The summed E-state index contributed by atoms with van der Waals surface area (Å²) >= 11 is 0. The van der Waals surface area contributed by atoms with Crippen molar-refractivity contribution in [1.82, 2.24) is 0 Å². The maximum absolute atomic E-state index is 13.8. The number of rotatable bonds is 5. The van der Waals surface area contributed by atoms with Gasteiger partial charge in [0.1, 0.15) is 10.8 Å². The summed E-state index contributed by atoms with van der Waals surface area (Å²) in [6, 6.07) is 17.0. The predicted molar refractivity (Wildman–Crippen MR) is 81.5 cm³/mol. The Balaban J connectivity index is 1.96. The lowest BCUT2D eigenvalue weighted by Gasteiger charge is -2.01. The van der Waals surface area contributed by atoms with E-state index in [-0.39, 0.29) is 0 Å². The molecule has 2 aromatic rings. The number of aryl methyl sites for hydroxylation is 2. The molecule has 0 spiro atoms. The molecule has 0 amide bonds. The van der Waals surface area contributed by atoms with Crippen molar-refractivity contribution in [1.29, 1.82) is 0 Å². The SMILES string of the molecule is Cc1ccc(S(=O)/C(F)=C/CCc2ccccc2)cc1. The number of hydrogen-bond donors (Lipinski definition) is 0. The Hall–Kier alpha value is -1.74. The van der Waals surface area contributed by atoms with E-state index in [9.17, 15) is 8.60 Å². The Morgan fingerprint density at radius 3 is 2.40 bits per heavy atom. The predicted octanol–water partition coefficient (Wildman–Crippen LogP) is 4.55. The topological polar surface area (TPSA) is 17.1 Å². The minimum absolute atomic E-state index is 0.504. The fraction of sp³-hybridized carbons (Fsp3) is 0.176. The van der Waals surface area contributed by atoms with E-state index in [1.54, 1.807) is 12.1 Å². The van der Waals surface area contributed by atoms with Crippen LogP contribution in [0.4, 0.5) is 4.39 Å². The van der Waals surface area contributed by atoms with Crippen LogP contribution in [-0.2, 0) is 17.2 Å². The molecule has 2 rings (SSSR count). The summed E-state index contributed by atoms with van der Waals surface area (Å²) in [6.07, 6.45) is 2.72. The number of hydrogen-bond acceptors (Lipinski definition) is 1. The highest BCUT2D eigenvalue weighted by Gasteiger charge is 2.09. The largest absolute Gasteiger partial charge is 0.247 e. The average Bonchev–Trinajstić information content (AvgIpc) is 2.48. The Bertz CT molecular complexity index is 603. The molecule has 0 radical (unpaired) electrons. The van der Waals surface area contributed by atoms with Crippen LogP contribution in [0.2, 0.25) is 0 Å². The average molecular weight is 288 g/mol. The second-order valence-corrected chi connectivity index (χ2v) is 6.01. The molecule has 0 N–H and O–H groups in total. The first-order chi connectivity index (χ1) is 9.66. The molecule has 104 valence electrons. The van der Waals surface area contributed by atoms with Crippen LogP contribution < -0.4 is 0 Å². The first-order valence-electron chi connectivity index (χ1n) is 6.55. The van der Waals surface area contributed by atoms with Crippen LogP contribution >= 0.6 is 0 Å². The lowest BCUT2D eigenvalue weighted by atomic mass is 10.1. The molecule has 0 aromatic heterocycles. The standard InChI is InChI=1S/C17H17FOS/c1-14-10-12-16(13-11-14)20(19)17(18)9-5-8-15-6-3-2-4-7-15/h2-4,6-7,9-13H,5,8H2,1H3/b17-9+. The van der Waals surface area contributed by atoms with Crippen molar-refractivity contribution in [3.63, 3.8) is 0 Å². The van der Waals surface area contributed by atoms with Gasteiger partial charge in [-0.1, -0.05) is 48.0 Å². The third-order valence-electron chi connectivity index (χ3n) is 2.99. The minimum Gasteiger partial charge on any atom is -0.247 e. The monoisotopic (exact) mass is 288 g/mol. The van der Waals surface area contributed by atoms with E-state index < -0.39 is 16.0 Å². The van der Waals surface area contributed by atoms with E-state index in [2.05, 4.69) is 0 Å². The van der Waals surface area contributed by atoms with Crippen molar-refractivity contribution < 1.29 is 8.60 Å². The molecule has 0 saturated carbocycles. The van der Waals surface area contributed by atoms with E-state index in [4.69, 9.17) is 0 Å². The molecular weight excluding hydrogens is 271 g/mol. The molecule has 2 aromatic carbocycles. The number of allylic oxidation sites excluding steroid dienone is 1. The molecule has 3 heteroatoms. The highest BCUT2D eigenvalue weighted by molar-refractivity contribution is 7.88. The smallest absolute Gasteiger partial charge is 0.187 e. The Morgan fingerprint density at radius 1 is 1.10 bits per heavy atom. The first-order valence-corrected chi connectivity index (χ1v) is 7.70. The molecule has 20 heavy (non-hydrogen) atoms. The van der Waals surface area contributed by atoms with Crippen LogP contribution in [0.15, 0.2) is 70.7 Å². The molecule has 0 saturated heterocycles. The summed E-state index contributed by atoms with van der Waals surface area (Å²) < 4.78 is 25.8. The Labute approximate surface area is 121 Å². The first kappa shape index (κ1) is 14.7. The molecule has 0 heterocycles. The second-order valence-electron chi connectivity index (χ2n) is 4.61. The lowest BCUT2D eigenvalue weighted by molar-refractivity contribution is 0.646. The zero-order valence-electron chi connectivity index (χ0n) is 11.4. The summed E-state index contributed by atoms with van der Waals surface area (Å²) in [6.45, 7) is 1.94. The van der Waals surface area contributed by atoms with Crippen LogP contribution in [0.5, 0.6) is 0 Å². The highest BCUT2D eigenvalue weighted by Crippen LogP contribution is 2.17. The Kier molecular flexibility index (Phi) is 5.24. The van der Waals surface area contributed by atoms with Crippen molar-refractivity contribution in [2.75, 3.05) is 0 Å². The van der Waals surface area contributed by atoms with Gasteiger partial charge in [0.2, 0.25) is 0 Å². The zero-order valence-corrected chi connectivity index (χ0v) is 12.2. The van der Waals surface area contributed by atoms with Gasteiger partial charge in [0, 0.05) is 4.90 Å². The summed E-state index contributed by atoms with van der Waals surface area (Å²) in [4.78, 5) is 0.504. The van der Waals surface area contributed by atoms with E-state index in [1.165, 1.54) is 6.08 Å². The van der Waals surface area contributed by atoms with E-state index in [0.717, 1.165) is 17.5 Å². The van der Waals surface area contributed by atoms with Crippen molar-refractivity contribution in [3.8, 4) is 0 Å². The van der Waals surface area contributed by atoms with Crippen LogP contribution in [0.25, 0.3) is 0 Å². The van der Waals surface area contributed by atoms with Gasteiger partial charge in [0.15, 0.2) is 5.16 Å². The van der Waals surface area contributed by atoms with Crippen LogP contribution in [-0.4, -0.2) is 4.21 Å². The van der Waals surface area contributed by atoms with E-state index in [1.807, 2.05) is 49.4 Å². The lowest BCUT2D eigenvalue weighted by Crippen LogP contribution is -1.92. The Morgan fingerprint density at radius 2 is 1.75 bits per heavy atom. The highest BCUT2D eigenvalue weighted by atomic mass is 32.2. The molecule has 0 aliphatic carbocycles. The van der Waals surface area contributed by atoms with Gasteiger partial charge in [-0.3, -0.25) is 0 Å². The molecule has 1 nitrogen and oxygen atoms in total. The normalized spacial score (nSPS) is 13.2. The van der Waals surface area contributed by atoms with Crippen LogP contribution in [0.1, 0.15) is 17.5 Å². The van der Waals surface area contributed by atoms with Crippen molar-refractivity contribution in [3.05, 3.63) is 77.0 Å². The van der Waals surface area contributed by atoms with Crippen LogP contribution in [0.3, 0.4) is 0 Å². The van der Waals surface area contributed by atoms with Crippen molar-refractivity contribution >= 4 is 10.8 Å². The third kappa shape index (κ3) is 4.14. The summed E-state index contributed by atoms with van der Waals surface area (Å²) in [5.41, 5.74) is 2.22. The van der Waals surface area contributed by atoms with Gasteiger partial charge in [0.25, 0.3) is 0 Å². The van der Waals surface area contributed by atoms with Gasteiger partial charge in [-0.15, -0.1) is 0 Å². The van der Waals surface area contributed by atoms with E-state index >= 15 is 0 Å². The molecular formula is C17H17FOS. The van der Waals surface area contributed by atoms with Crippen LogP contribution in [0, 0.1) is 6.92 Å².